The van der Waals surface area contributed by atoms with Gasteiger partial charge in [0, 0.05) is 16.5 Å². The summed E-state index contributed by atoms with van der Waals surface area (Å²) < 4.78 is 12.4. The van der Waals surface area contributed by atoms with Crippen LogP contribution in [0.5, 0.6) is 11.5 Å². The van der Waals surface area contributed by atoms with Crippen molar-refractivity contribution in [2.24, 2.45) is 5.92 Å². The lowest BCUT2D eigenvalue weighted by Gasteiger charge is -2.24. The van der Waals surface area contributed by atoms with E-state index in [9.17, 15) is 4.79 Å². The zero-order chi connectivity index (χ0) is 17.8. The molecule has 5 heteroatoms. The fourth-order valence-corrected chi connectivity index (χ4v) is 3.10. The summed E-state index contributed by atoms with van der Waals surface area (Å²) in [6.45, 7) is 5.50. The fourth-order valence-electron chi connectivity index (χ4n) is 2.83. The van der Waals surface area contributed by atoms with Gasteiger partial charge in [0.15, 0.2) is 11.5 Å². The van der Waals surface area contributed by atoms with Crippen LogP contribution in [-0.2, 0) is 0 Å². The number of carbonyl (C=O) groups excluding carboxylic acids is 1. The first-order chi connectivity index (χ1) is 12.0. The first kappa shape index (κ1) is 17.8. The zero-order valence-electron chi connectivity index (χ0n) is 14.4. The highest BCUT2D eigenvalue weighted by Gasteiger charge is 2.21. The maximum Gasteiger partial charge on any atom is 0.251 e. The van der Waals surface area contributed by atoms with Gasteiger partial charge in [0.1, 0.15) is 0 Å². The highest BCUT2D eigenvalue weighted by molar-refractivity contribution is 9.10. The molecule has 1 amide bonds. The molecule has 2 aromatic carbocycles. The van der Waals surface area contributed by atoms with Gasteiger partial charge in [0.05, 0.1) is 19.3 Å². The standard InChI is InChI=1S/C20H22BrNO3/c1-13(2)19(22-20(23)14-4-7-16(21)8-5-14)15-6-9-17-18(12-15)25-11-3-10-24-17/h4-9,12-13,19H,3,10-11H2,1-2H3,(H,22,23)/t19-/m0/s1. The van der Waals surface area contributed by atoms with Gasteiger partial charge < -0.3 is 14.8 Å². The second kappa shape index (κ2) is 7.91. The topological polar surface area (TPSA) is 47.6 Å². The molecule has 1 aliphatic heterocycles. The average molecular weight is 404 g/mol. The van der Waals surface area contributed by atoms with Crippen molar-refractivity contribution in [1.29, 1.82) is 0 Å². The highest BCUT2D eigenvalue weighted by atomic mass is 79.9. The number of halogens is 1. The minimum atomic E-state index is -0.103. The second-order valence-corrected chi connectivity index (χ2v) is 7.37. The molecule has 1 heterocycles. The summed E-state index contributed by atoms with van der Waals surface area (Å²) in [5.41, 5.74) is 1.66. The van der Waals surface area contributed by atoms with Crippen LogP contribution in [0.25, 0.3) is 0 Å². The first-order valence-electron chi connectivity index (χ1n) is 8.50. The van der Waals surface area contributed by atoms with Crippen molar-refractivity contribution < 1.29 is 14.3 Å². The number of fused-ring (bicyclic) bond motifs is 1. The van der Waals surface area contributed by atoms with E-state index >= 15 is 0 Å². The van der Waals surface area contributed by atoms with Crippen molar-refractivity contribution in [2.75, 3.05) is 13.2 Å². The quantitative estimate of drug-likeness (QED) is 0.801. The Morgan fingerprint density at radius 2 is 1.72 bits per heavy atom. The Labute approximate surface area is 156 Å². The molecule has 0 aromatic heterocycles. The predicted octanol–water partition coefficient (Wildman–Crippen LogP) is 4.74. The largest absolute Gasteiger partial charge is 0.490 e. The number of amides is 1. The molecule has 0 saturated carbocycles. The van der Waals surface area contributed by atoms with E-state index in [1.165, 1.54) is 0 Å². The summed E-state index contributed by atoms with van der Waals surface area (Å²) in [6.07, 6.45) is 0.873. The Morgan fingerprint density at radius 3 is 2.40 bits per heavy atom. The van der Waals surface area contributed by atoms with Crippen molar-refractivity contribution in [1.82, 2.24) is 5.32 Å². The predicted molar refractivity (Wildman–Crippen MR) is 101 cm³/mol. The summed E-state index contributed by atoms with van der Waals surface area (Å²) in [5.74, 6) is 1.67. The first-order valence-corrected chi connectivity index (χ1v) is 9.30. The molecular formula is C20H22BrNO3. The normalized spacial score (nSPS) is 14.7. The van der Waals surface area contributed by atoms with E-state index in [4.69, 9.17) is 9.47 Å². The maximum absolute atomic E-state index is 12.6. The molecule has 1 atom stereocenters. The molecule has 0 radical (unpaired) electrons. The lowest BCUT2D eigenvalue weighted by Crippen LogP contribution is -2.31. The fraction of sp³-hybridized carbons (Fsp3) is 0.350. The molecular weight excluding hydrogens is 382 g/mol. The number of carbonyl (C=O) groups is 1. The minimum Gasteiger partial charge on any atom is -0.490 e. The van der Waals surface area contributed by atoms with Crippen molar-refractivity contribution in [3.05, 3.63) is 58.1 Å². The van der Waals surface area contributed by atoms with Crippen LogP contribution in [0.1, 0.15) is 42.2 Å². The Morgan fingerprint density at radius 1 is 1.04 bits per heavy atom. The molecule has 0 saturated heterocycles. The Kier molecular flexibility index (Phi) is 5.63. The van der Waals surface area contributed by atoms with E-state index in [2.05, 4.69) is 35.1 Å². The average Bonchev–Trinajstić information content (AvgIpc) is 2.84. The second-order valence-electron chi connectivity index (χ2n) is 6.46. The third kappa shape index (κ3) is 4.34. The molecule has 0 spiro atoms. The maximum atomic E-state index is 12.6. The molecule has 25 heavy (non-hydrogen) atoms. The summed E-state index contributed by atoms with van der Waals surface area (Å²) in [4.78, 5) is 12.6. The Hall–Kier alpha value is -2.01. The third-order valence-electron chi connectivity index (χ3n) is 4.19. The molecule has 4 nitrogen and oxygen atoms in total. The van der Waals surface area contributed by atoms with Gasteiger partial charge in [-0.25, -0.2) is 0 Å². The third-order valence-corrected chi connectivity index (χ3v) is 4.72. The SMILES string of the molecule is CC(C)[C@H](NC(=O)c1ccc(Br)cc1)c1ccc2c(c1)OCCCO2. The Balaban J connectivity index is 1.82. The van der Waals surface area contributed by atoms with Crippen molar-refractivity contribution >= 4 is 21.8 Å². The minimum absolute atomic E-state index is 0.0849. The number of hydrogen-bond donors (Lipinski definition) is 1. The van der Waals surface area contributed by atoms with E-state index in [1.807, 2.05) is 42.5 Å². The zero-order valence-corrected chi connectivity index (χ0v) is 16.0. The molecule has 3 rings (SSSR count). The van der Waals surface area contributed by atoms with Crippen molar-refractivity contribution in [3.63, 3.8) is 0 Å². The molecule has 2 aromatic rings. The number of benzene rings is 2. The van der Waals surface area contributed by atoms with Gasteiger partial charge in [-0.15, -0.1) is 0 Å². The van der Waals surface area contributed by atoms with Crippen LogP contribution in [-0.4, -0.2) is 19.1 Å². The van der Waals surface area contributed by atoms with Crippen LogP contribution >= 0.6 is 15.9 Å². The van der Waals surface area contributed by atoms with Gasteiger partial charge in [0.25, 0.3) is 5.91 Å². The van der Waals surface area contributed by atoms with Crippen LogP contribution < -0.4 is 14.8 Å². The van der Waals surface area contributed by atoms with Gasteiger partial charge in [0.2, 0.25) is 0 Å². The number of ether oxygens (including phenoxy) is 2. The molecule has 0 aliphatic carbocycles. The monoisotopic (exact) mass is 403 g/mol. The lowest BCUT2D eigenvalue weighted by molar-refractivity contribution is 0.0925. The van der Waals surface area contributed by atoms with E-state index in [1.54, 1.807) is 0 Å². The number of rotatable bonds is 4. The van der Waals surface area contributed by atoms with Gasteiger partial charge in [-0.2, -0.15) is 0 Å². The molecule has 0 bridgehead atoms. The highest BCUT2D eigenvalue weighted by Crippen LogP contribution is 2.34. The summed E-state index contributed by atoms with van der Waals surface area (Å²) >= 11 is 3.39. The van der Waals surface area contributed by atoms with Crippen molar-refractivity contribution in [3.8, 4) is 11.5 Å². The lowest BCUT2D eigenvalue weighted by atomic mass is 9.95. The van der Waals surface area contributed by atoms with Crippen molar-refractivity contribution in [2.45, 2.75) is 26.3 Å². The van der Waals surface area contributed by atoms with Gasteiger partial charge in [-0.3, -0.25) is 4.79 Å². The molecule has 1 N–H and O–H groups in total. The number of hydrogen-bond acceptors (Lipinski definition) is 3. The van der Waals surface area contributed by atoms with E-state index < -0.39 is 0 Å². The summed E-state index contributed by atoms with van der Waals surface area (Å²) in [6, 6.07) is 13.2. The molecule has 0 unspecified atom stereocenters. The van der Waals surface area contributed by atoms with E-state index in [-0.39, 0.29) is 17.9 Å². The summed E-state index contributed by atoms with van der Waals surface area (Å²) in [5, 5.41) is 3.14. The summed E-state index contributed by atoms with van der Waals surface area (Å²) in [7, 11) is 0. The van der Waals surface area contributed by atoms with E-state index in [0.29, 0.717) is 18.8 Å². The van der Waals surface area contributed by atoms with Gasteiger partial charge >= 0.3 is 0 Å². The van der Waals surface area contributed by atoms with Gasteiger partial charge in [-0.1, -0.05) is 35.8 Å². The van der Waals surface area contributed by atoms with Crippen LogP contribution in [0.15, 0.2) is 46.9 Å². The number of nitrogens with one attached hydrogen (secondary N) is 1. The van der Waals surface area contributed by atoms with Gasteiger partial charge in [-0.05, 0) is 47.9 Å². The van der Waals surface area contributed by atoms with Crippen LogP contribution in [0.3, 0.4) is 0 Å². The Bertz CT molecular complexity index is 743. The molecule has 1 aliphatic rings. The molecule has 0 fully saturated rings. The van der Waals surface area contributed by atoms with Crippen LogP contribution in [0, 0.1) is 5.92 Å². The molecule has 132 valence electrons. The van der Waals surface area contributed by atoms with Crippen LogP contribution in [0.2, 0.25) is 0 Å². The van der Waals surface area contributed by atoms with E-state index in [0.717, 1.165) is 28.0 Å². The van der Waals surface area contributed by atoms with Crippen LogP contribution in [0.4, 0.5) is 0 Å². The smallest absolute Gasteiger partial charge is 0.251 e.